The second-order valence-electron chi connectivity index (χ2n) is 4.99. The van der Waals surface area contributed by atoms with Gasteiger partial charge in [-0.25, -0.2) is 0 Å². The summed E-state index contributed by atoms with van der Waals surface area (Å²) in [5.74, 6) is -0.662. The van der Waals surface area contributed by atoms with E-state index in [1.807, 2.05) is 0 Å². The van der Waals surface area contributed by atoms with E-state index in [0.717, 1.165) is 19.4 Å². The molecule has 4 nitrogen and oxygen atoms in total. The van der Waals surface area contributed by atoms with Crippen LogP contribution >= 0.6 is 0 Å². The lowest BCUT2D eigenvalue weighted by Crippen LogP contribution is -2.61. The minimum absolute atomic E-state index is 0.392. The minimum atomic E-state index is -0.662. The van der Waals surface area contributed by atoms with Gasteiger partial charge in [0.15, 0.2) is 0 Å². The number of nitrogens with zero attached hydrogens (tertiary/aromatic N) is 1. The highest BCUT2D eigenvalue weighted by Gasteiger charge is 2.47. The first-order valence-electron chi connectivity index (χ1n) is 6.25. The Hall–Kier alpha value is -0.610. The summed E-state index contributed by atoms with van der Waals surface area (Å²) in [5.41, 5.74) is -0.655. The number of carbonyl (C=O) groups is 1. The van der Waals surface area contributed by atoms with Crippen LogP contribution in [0.2, 0.25) is 0 Å². The molecule has 0 radical (unpaired) electrons. The molecule has 2 saturated heterocycles. The van der Waals surface area contributed by atoms with Crippen molar-refractivity contribution in [3.63, 3.8) is 0 Å². The van der Waals surface area contributed by atoms with Gasteiger partial charge >= 0.3 is 5.97 Å². The van der Waals surface area contributed by atoms with Crippen LogP contribution < -0.4 is 0 Å². The average Bonchev–Trinajstić information content (AvgIpc) is 2.30. The molecule has 2 heterocycles. The smallest absolute Gasteiger partial charge is 0.324 e. The van der Waals surface area contributed by atoms with Crippen LogP contribution in [0.1, 0.15) is 39.0 Å². The topological polar surface area (TPSA) is 49.8 Å². The predicted octanol–water partition coefficient (Wildman–Crippen LogP) is 1.49. The van der Waals surface area contributed by atoms with Gasteiger partial charge in [-0.3, -0.25) is 9.69 Å². The van der Waals surface area contributed by atoms with Gasteiger partial charge in [0.25, 0.3) is 0 Å². The number of rotatable bonds is 2. The lowest BCUT2D eigenvalue weighted by Gasteiger charge is -2.48. The standard InChI is InChI=1S/C12H21NO3/c1-10-4-2-3-7-13(10)12(11(14)15)5-8-16-9-6-12/h10H,2-9H2,1H3,(H,14,15). The summed E-state index contributed by atoms with van der Waals surface area (Å²) in [6.45, 7) is 4.23. The zero-order chi connectivity index (χ0) is 11.6. The van der Waals surface area contributed by atoms with Gasteiger partial charge in [-0.2, -0.15) is 0 Å². The first-order chi connectivity index (χ1) is 7.67. The Balaban J connectivity index is 2.19. The maximum absolute atomic E-state index is 11.6. The summed E-state index contributed by atoms with van der Waals surface area (Å²) in [5, 5.41) is 9.56. The second-order valence-corrected chi connectivity index (χ2v) is 4.99. The average molecular weight is 227 g/mol. The first kappa shape index (κ1) is 11.9. The molecule has 0 aromatic heterocycles. The van der Waals surface area contributed by atoms with Crippen molar-refractivity contribution in [1.29, 1.82) is 0 Å². The van der Waals surface area contributed by atoms with Crippen LogP contribution in [0, 0.1) is 0 Å². The third-order valence-corrected chi connectivity index (χ3v) is 4.07. The number of likely N-dealkylation sites (tertiary alicyclic amines) is 1. The number of piperidine rings is 1. The number of hydrogen-bond donors (Lipinski definition) is 1. The van der Waals surface area contributed by atoms with E-state index >= 15 is 0 Å². The summed E-state index contributed by atoms with van der Waals surface area (Å²) < 4.78 is 5.31. The SMILES string of the molecule is CC1CCCCN1C1(C(=O)O)CCOCC1. The third kappa shape index (κ3) is 1.96. The fourth-order valence-corrected chi connectivity index (χ4v) is 3.07. The molecule has 2 fully saturated rings. The molecule has 0 bridgehead atoms. The molecule has 0 saturated carbocycles. The van der Waals surface area contributed by atoms with Crippen LogP contribution in [-0.2, 0) is 9.53 Å². The highest BCUT2D eigenvalue weighted by molar-refractivity contribution is 5.79. The molecule has 92 valence electrons. The van der Waals surface area contributed by atoms with E-state index in [9.17, 15) is 9.90 Å². The molecule has 0 amide bonds. The maximum atomic E-state index is 11.6. The Morgan fingerprint density at radius 1 is 1.38 bits per heavy atom. The Labute approximate surface area is 96.6 Å². The zero-order valence-corrected chi connectivity index (χ0v) is 9.95. The quantitative estimate of drug-likeness (QED) is 0.776. The highest BCUT2D eigenvalue weighted by Crippen LogP contribution is 2.33. The van der Waals surface area contributed by atoms with Gasteiger partial charge < -0.3 is 9.84 Å². The van der Waals surface area contributed by atoms with Gasteiger partial charge in [-0.1, -0.05) is 6.42 Å². The van der Waals surface area contributed by atoms with Crippen molar-refractivity contribution in [1.82, 2.24) is 4.90 Å². The van der Waals surface area contributed by atoms with Crippen molar-refractivity contribution in [2.45, 2.75) is 50.6 Å². The number of carboxylic acid groups (broad SMARTS) is 1. The summed E-state index contributed by atoms with van der Waals surface area (Å²) in [7, 11) is 0. The van der Waals surface area contributed by atoms with Crippen molar-refractivity contribution < 1.29 is 14.6 Å². The van der Waals surface area contributed by atoms with E-state index in [-0.39, 0.29) is 0 Å². The molecule has 2 rings (SSSR count). The number of ether oxygens (including phenoxy) is 1. The maximum Gasteiger partial charge on any atom is 0.324 e. The van der Waals surface area contributed by atoms with Gasteiger partial charge in [0.2, 0.25) is 0 Å². The molecule has 1 N–H and O–H groups in total. The molecule has 0 spiro atoms. The minimum Gasteiger partial charge on any atom is -0.480 e. The number of carboxylic acids is 1. The lowest BCUT2D eigenvalue weighted by atomic mass is 9.84. The van der Waals surface area contributed by atoms with E-state index in [0.29, 0.717) is 32.1 Å². The fraction of sp³-hybridized carbons (Fsp3) is 0.917. The monoisotopic (exact) mass is 227 g/mol. The molecule has 16 heavy (non-hydrogen) atoms. The first-order valence-corrected chi connectivity index (χ1v) is 6.25. The van der Waals surface area contributed by atoms with Crippen molar-refractivity contribution in [3.05, 3.63) is 0 Å². The molecule has 4 heteroatoms. The van der Waals surface area contributed by atoms with Crippen molar-refractivity contribution in [3.8, 4) is 0 Å². The molecular weight excluding hydrogens is 206 g/mol. The van der Waals surface area contributed by atoms with Gasteiger partial charge in [-0.15, -0.1) is 0 Å². The van der Waals surface area contributed by atoms with Gasteiger partial charge in [0, 0.05) is 19.3 Å². The largest absolute Gasteiger partial charge is 0.480 e. The van der Waals surface area contributed by atoms with Gasteiger partial charge in [0.1, 0.15) is 5.54 Å². The number of hydrogen-bond acceptors (Lipinski definition) is 3. The van der Waals surface area contributed by atoms with Crippen LogP contribution in [0.3, 0.4) is 0 Å². The van der Waals surface area contributed by atoms with Gasteiger partial charge in [0.05, 0.1) is 0 Å². The summed E-state index contributed by atoms with van der Waals surface area (Å²) in [4.78, 5) is 13.8. The Kier molecular flexibility index (Phi) is 3.50. The summed E-state index contributed by atoms with van der Waals surface area (Å²) in [6.07, 6.45) is 4.74. The normalized spacial score (nSPS) is 31.2. The number of aliphatic carboxylic acids is 1. The lowest BCUT2D eigenvalue weighted by molar-refractivity contribution is -0.162. The van der Waals surface area contributed by atoms with E-state index in [4.69, 9.17) is 4.74 Å². The van der Waals surface area contributed by atoms with Crippen molar-refractivity contribution in [2.75, 3.05) is 19.8 Å². The van der Waals surface area contributed by atoms with Crippen molar-refractivity contribution in [2.24, 2.45) is 0 Å². The van der Waals surface area contributed by atoms with Crippen LogP contribution in [0.5, 0.6) is 0 Å². The third-order valence-electron chi connectivity index (χ3n) is 4.07. The molecule has 1 atom stereocenters. The molecular formula is C12H21NO3. The predicted molar refractivity (Wildman–Crippen MR) is 60.4 cm³/mol. The van der Waals surface area contributed by atoms with Crippen LogP contribution in [0.15, 0.2) is 0 Å². The summed E-state index contributed by atoms with van der Waals surface area (Å²) in [6, 6.07) is 0.392. The molecule has 0 aliphatic carbocycles. The van der Waals surface area contributed by atoms with Crippen LogP contribution in [0.25, 0.3) is 0 Å². The van der Waals surface area contributed by atoms with Crippen LogP contribution in [-0.4, -0.2) is 47.3 Å². The van der Waals surface area contributed by atoms with E-state index < -0.39 is 11.5 Å². The Bertz CT molecular complexity index is 261. The molecule has 2 aliphatic heterocycles. The van der Waals surface area contributed by atoms with Gasteiger partial charge in [-0.05, 0) is 39.2 Å². The summed E-state index contributed by atoms with van der Waals surface area (Å²) >= 11 is 0. The highest BCUT2D eigenvalue weighted by atomic mass is 16.5. The molecule has 0 aromatic rings. The fourth-order valence-electron chi connectivity index (χ4n) is 3.07. The van der Waals surface area contributed by atoms with E-state index in [1.165, 1.54) is 6.42 Å². The second kappa shape index (κ2) is 4.72. The Morgan fingerprint density at radius 3 is 2.62 bits per heavy atom. The molecule has 2 aliphatic rings. The van der Waals surface area contributed by atoms with E-state index in [2.05, 4.69) is 11.8 Å². The molecule has 0 aromatic carbocycles. The molecule has 1 unspecified atom stereocenters. The zero-order valence-electron chi connectivity index (χ0n) is 9.95. The van der Waals surface area contributed by atoms with Crippen LogP contribution in [0.4, 0.5) is 0 Å². The van der Waals surface area contributed by atoms with E-state index in [1.54, 1.807) is 0 Å². The van der Waals surface area contributed by atoms with Crippen molar-refractivity contribution >= 4 is 5.97 Å². The Morgan fingerprint density at radius 2 is 2.06 bits per heavy atom.